The highest BCUT2D eigenvalue weighted by Crippen LogP contribution is 2.36. The van der Waals surface area contributed by atoms with Crippen LogP contribution in [0.2, 0.25) is 0 Å². The molecule has 138 valence electrons. The summed E-state index contributed by atoms with van der Waals surface area (Å²) < 4.78 is 5.79. The van der Waals surface area contributed by atoms with E-state index in [1.54, 1.807) is 6.33 Å². The van der Waals surface area contributed by atoms with E-state index in [4.69, 9.17) is 4.74 Å². The zero-order valence-corrected chi connectivity index (χ0v) is 15.0. The van der Waals surface area contributed by atoms with Crippen LogP contribution in [-0.2, 0) is 0 Å². The monoisotopic (exact) mass is 354 g/mol. The highest BCUT2D eigenvalue weighted by Gasteiger charge is 2.30. The summed E-state index contributed by atoms with van der Waals surface area (Å²) in [5.41, 5.74) is 1.07. The summed E-state index contributed by atoms with van der Waals surface area (Å²) in [6, 6.07) is 12.1. The zero-order valence-electron chi connectivity index (χ0n) is 15.0. The number of hydrogen-bond acceptors (Lipinski definition) is 6. The molecule has 6 heteroatoms. The van der Waals surface area contributed by atoms with Crippen LogP contribution in [0.4, 0.5) is 5.82 Å². The molecule has 0 radical (unpaired) electrons. The summed E-state index contributed by atoms with van der Waals surface area (Å²) >= 11 is 0. The Hall–Kier alpha value is -2.18. The predicted octanol–water partition coefficient (Wildman–Crippen LogP) is 1.92. The first-order valence-electron chi connectivity index (χ1n) is 9.43. The van der Waals surface area contributed by atoms with E-state index in [1.165, 1.54) is 0 Å². The van der Waals surface area contributed by atoms with Crippen molar-refractivity contribution in [2.24, 2.45) is 0 Å². The van der Waals surface area contributed by atoms with Gasteiger partial charge in [0.05, 0.1) is 6.10 Å². The normalized spacial score (nSPS) is 23.5. The molecule has 2 heterocycles. The summed E-state index contributed by atoms with van der Waals surface area (Å²) in [6.07, 6.45) is 3.16. The number of piperazine rings is 1. The Labute approximate surface area is 154 Å². The summed E-state index contributed by atoms with van der Waals surface area (Å²) in [5, 5.41) is 9.50. The highest BCUT2D eigenvalue weighted by molar-refractivity contribution is 5.40. The van der Waals surface area contributed by atoms with Gasteiger partial charge in [0, 0.05) is 50.4 Å². The van der Waals surface area contributed by atoms with Gasteiger partial charge in [0.1, 0.15) is 24.5 Å². The Morgan fingerprint density at radius 2 is 1.81 bits per heavy atom. The Kier molecular flexibility index (Phi) is 5.32. The van der Waals surface area contributed by atoms with E-state index in [9.17, 15) is 5.11 Å². The molecule has 1 saturated carbocycles. The van der Waals surface area contributed by atoms with E-state index in [0.29, 0.717) is 12.5 Å². The minimum atomic E-state index is -0.153. The van der Waals surface area contributed by atoms with Gasteiger partial charge in [-0.15, -0.1) is 0 Å². The van der Waals surface area contributed by atoms with Crippen molar-refractivity contribution in [3.05, 3.63) is 48.4 Å². The van der Waals surface area contributed by atoms with Crippen LogP contribution in [0.25, 0.3) is 0 Å². The van der Waals surface area contributed by atoms with Gasteiger partial charge in [-0.05, 0) is 25.0 Å². The molecule has 1 N–H and O–H groups in total. The standard InChI is InChI=1S/C20H26N4O2/c25-17-12-16(13-17)19-14-20(22-15-21-19)24-8-6-23(7-9-24)10-11-26-18-4-2-1-3-5-18/h1-5,14-17,25H,6-13H2. The van der Waals surface area contributed by atoms with Crippen LogP contribution >= 0.6 is 0 Å². The molecule has 6 nitrogen and oxygen atoms in total. The van der Waals surface area contributed by atoms with Gasteiger partial charge >= 0.3 is 0 Å². The third-order valence-electron chi connectivity index (χ3n) is 5.32. The molecule has 1 aromatic carbocycles. The van der Waals surface area contributed by atoms with Crippen LogP contribution in [0.3, 0.4) is 0 Å². The Morgan fingerprint density at radius 1 is 1.04 bits per heavy atom. The van der Waals surface area contributed by atoms with E-state index < -0.39 is 0 Å². The van der Waals surface area contributed by atoms with Gasteiger partial charge in [0.25, 0.3) is 0 Å². The number of hydrogen-bond donors (Lipinski definition) is 1. The van der Waals surface area contributed by atoms with E-state index >= 15 is 0 Å². The maximum absolute atomic E-state index is 9.50. The lowest BCUT2D eigenvalue weighted by atomic mass is 9.80. The molecule has 2 aromatic rings. The zero-order chi connectivity index (χ0) is 17.8. The first-order valence-corrected chi connectivity index (χ1v) is 9.43. The number of para-hydroxylation sites is 1. The molecule has 1 aliphatic heterocycles. The molecule has 26 heavy (non-hydrogen) atoms. The Balaban J connectivity index is 1.24. The fourth-order valence-electron chi connectivity index (χ4n) is 3.60. The second kappa shape index (κ2) is 8.01. The van der Waals surface area contributed by atoms with Gasteiger partial charge in [-0.1, -0.05) is 18.2 Å². The topological polar surface area (TPSA) is 61.7 Å². The number of nitrogens with zero attached hydrogens (tertiary/aromatic N) is 4. The SMILES string of the molecule is OC1CC(c2cc(N3CCN(CCOc4ccccc4)CC3)ncn2)C1. The fourth-order valence-corrected chi connectivity index (χ4v) is 3.60. The number of rotatable bonds is 6. The van der Waals surface area contributed by atoms with Crippen molar-refractivity contribution < 1.29 is 9.84 Å². The minimum Gasteiger partial charge on any atom is -0.492 e. The summed E-state index contributed by atoms with van der Waals surface area (Å²) in [7, 11) is 0. The van der Waals surface area contributed by atoms with Gasteiger partial charge in [-0.25, -0.2) is 9.97 Å². The molecule has 0 atom stereocenters. The first kappa shape index (κ1) is 17.2. The molecular formula is C20H26N4O2. The van der Waals surface area contributed by atoms with Gasteiger partial charge in [0.2, 0.25) is 0 Å². The number of ether oxygens (including phenoxy) is 1. The number of benzene rings is 1. The van der Waals surface area contributed by atoms with Crippen molar-refractivity contribution in [3.8, 4) is 5.75 Å². The third kappa shape index (κ3) is 4.14. The second-order valence-electron chi connectivity index (χ2n) is 7.11. The maximum atomic E-state index is 9.50. The maximum Gasteiger partial charge on any atom is 0.132 e. The molecule has 1 aromatic heterocycles. The fraction of sp³-hybridized carbons (Fsp3) is 0.500. The molecule has 2 fully saturated rings. The van der Waals surface area contributed by atoms with Gasteiger partial charge in [0.15, 0.2) is 0 Å². The van der Waals surface area contributed by atoms with Crippen molar-refractivity contribution in [3.63, 3.8) is 0 Å². The molecule has 4 rings (SSSR count). The van der Waals surface area contributed by atoms with Gasteiger partial charge in [-0.3, -0.25) is 4.90 Å². The molecule has 0 spiro atoms. The van der Waals surface area contributed by atoms with Crippen LogP contribution < -0.4 is 9.64 Å². The second-order valence-corrected chi connectivity index (χ2v) is 7.11. The summed E-state index contributed by atoms with van der Waals surface area (Å²) in [6.45, 7) is 5.62. The Morgan fingerprint density at radius 3 is 2.54 bits per heavy atom. The van der Waals surface area contributed by atoms with E-state index in [2.05, 4.69) is 25.8 Å². The van der Waals surface area contributed by atoms with Gasteiger partial charge in [-0.2, -0.15) is 0 Å². The average molecular weight is 354 g/mol. The van der Waals surface area contributed by atoms with Crippen LogP contribution in [0.15, 0.2) is 42.7 Å². The van der Waals surface area contributed by atoms with E-state index in [0.717, 1.165) is 62.8 Å². The quantitative estimate of drug-likeness (QED) is 0.855. The summed E-state index contributed by atoms with van der Waals surface area (Å²) in [5.74, 6) is 2.33. The lowest BCUT2D eigenvalue weighted by molar-refractivity contribution is 0.0732. The lowest BCUT2D eigenvalue weighted by Gasteiger charge is -2.36. The molecule has 0 bridgehead atoms. The number of aromatic nitrogens is 2. The third-order valence-corrected chi connectivity index (χ3v) is 5.32. The van der Waals surface area contributed by atoms with Crippen LogP contribution in [0.5, 0.6) is 5.75 Å². The molecular weight excluding hydrogens is 328 g/mol. The minimum absolute atomic E-state index is 0.153. The molecule has 0 unspecified atom stereocenters. The van der Waals surface area contributed by atoms with Crippen molar-refractivity contribution >= 4 is 5.82 Å². The number of aliphatic hydroxyl groups is 1. The largest absolute Gasteiger partial charge is 0.492 e. The average Bonchev–Trinajstić information content (AvgIpc) is 2.67. The van der Waals surface area contributed by atoms with Crippen LogP contribution in [-0.4, -0.2) is 65.4 Å². The van der Waals surface area contributed by atoms with Crippen molar-refractivity contribution in [1.29, 1.82) is 0 Å². The molecule has 1 aliphatic carbocycles. The first-order chi connectivity index (χ1) is 12.8. The highest BCUT2D eigenvalue weighted by atomic mass is 16.5. The van der Waals surface area contributed by atoms with Crippen molar-refractivity contribution in [2.45, 2.75) is 24.9 Å². The number of anilines is 1. The van der Waals surface area contributed by atoms with E-state index in [1.807, 2.05) is 30.3 Å². The summed E-state index contributed by atoms with van der Waals surface area (Å²) in [4.78, 5) is 13.6. The molecule has 1 saturated heterocycles. The van der Waals surface area contributed by atoms with Gasteiger partial charge < -0.3 is 14.7 Å². The number of aliphatic hydroxyl groups excluding tert-OH is 1. The Bertz CT molecular complexity index is 698. The predicted molar refractivity (Wildman–Crippen MR) is 101 cm³/mol. The van der Waals surface area contributed by atoms with Crippen LogP contribution in [0.1, 0.15) is 24.5 Å². The van der Waals surface area contributed by atoms with Crippen LogP contribution in [0, 0.1) is 0 Å². The molecule has 0 amide bonds. The van der Waals surface area contributed by atoms with Crippen molar-refractivity contribution in [1.82, 2.24) is 14.9 Å². The lowest BCUT2D eigenvalue weighted by Crippen LogP contribution is -2.47. The molecule has 2 aliphatic rings. The van der Waals surface area contributed by atoms with E-state index in [-0.39, 0.29) is 6.10 Å². The van der Waals surface area contributed by atoms with Crippen molar-refractivity contribution in [2.75, 3.05) is 44.2 Å². The smallest absolute Gasteiger partial charge is 0.132 e.